The summed E-state index contributed by atoms with van der Waals surface area (Å²) in [5.41, 5.74) is 5.31. The van der Waals surface area contributed by atoms with Gasteiger partial charge in [-0.05, 0) is 79.8 Å². The number of nitrogens with zero attached hydrogens (tertiary/aromatic N) is 2. The highest BCUT2D eigenvalue weighted by atomic mass is 16.2. The number of hydrogen-bond donors (Lipinski definition) is 2. The number of hydrogen-bond acceptors (Lipinski definition) is 5. The maximum absolute atomic E-state index is 12.1. The van der Waals surface area contributed by atoms with Crippen LogP contribution in [-0.4, -0.2) is 48.6 Å². The predicted molar refractivity (Wildman–Crippen MR) is 161 cm³/mol. The zero-order valence-electron chi connectivity index (χ0n) is 23.4. The number of amides is 2. The van der Waals surface area contributed by atoms with Crippen molar-refractivity contribution in [1.29, 1.82) is 0 Å². The molecule has 2 N–H and O–H groups in total. The predicted octanol–water partition coefficient (Wildman–Crippen LogP) is 7.17. The van der Waals surface area contributed by atoms with Gasteiger partial charge in [-0.1, -0.05) is 49.2 Å². The van der Waals surface area contributed by atoms with Crippen molar-refractivity contribution in [3.05, 3.63) is 78.0 Å². The molecule has 2 saturated carbocycles. The molecular weight excluding hydrogens is 500 g/mol. The number of anilines is 2. The summed E-state index contributed by atoms with van der Waals surface area (Å²) < 4.78 is 0. The van der Waals surface area contributed by atoms with Crippen molar-refractivity contribution in [2.75, 3.05) is 30.8 Å². The molecule has 0 radical (unpaired) electrons. The lowest BCUT2D eigenvalue weighted by molar-refractivity contribution is -0.0980. The molecule has 0 spiro atoms. The average molecular weight is 541 g/mol. The smallest absolute Gasteiger partial charge is 0.321 e. The number of pyridine rings is 1. The number of carbonyl (C=O) groups excluding carboxylic acids is 3. The number of carbonyl (C=O) groups is 3. The van der Waals surface area contributed by atoms with E-state index in [1.807, 2.05) is 73.5 Å². The lowest BCUT2D eigenvalue weighted by Gasteiger charge is -2.26. The molecule has 210 valence electrons. The van der Waals surface area contributed by atoms with Crippen molar-refractivity contribution >= 4 is 30.1 Å². The molecule has 0 bridgehead atoms. The monoisotopic (exact) mass is 540 g/mol. The molecule has 3 fully saturated rings. The van der Waals surface area contributed by atoms with Gasteiger partial charge in [-0.3, -0.25) is 4.79 Å². The molecule has 3 aliphatic rings. The van der Waals surface area contributed by atoms with Crippen LogP contribution in [-0.2, 0) is 4.79 Å². The van der Waals surface area contributed by atoms with Gasteiger partial charge in [0.2, 0.25) is 0 Å². The molecule has 3 aromatic rings. The molecule has 0 atom stereocenters. The molecule has 2 amide bonds. The Balaban J connectivity index is 0.000000175. The average Bonchev–Trinajstić information content (AvgIpc) is 3.49. The summed E-state index contributed by atoms with van der Waals surface area (Å²) in [6.07, 6.45) is 11.4. The van der Waals surface area contributed by atoms with Gasteiger partial charge in [-0.15, -0.1) is 0 Å². The standard InChI is InChI=1S/C17H18N2O.C15H20N2O.CH2O/c1-18-16-10-9-15(11-19-16)12-5-7-14(8-6-12)17(20)13-3-2-4-13;18-15(17-10-1-2-11-17)16-14-8-6-13(7-9-14)12-4-3-5-12;1-2/h5-11,13H,2-4H2,1H3,(H,18,19);6-9,12H,1-5,10-11H2,(H,16,18);1H2. The van der Waals surface area contributed by atoms with Crippen LogP contribution in [0.2, 0.25) is 0 Å². The van der Waals surface area contributed by atoms with Crippen molar-refractivity contribution in [2.24, 2.45) is 5.92 Å². The van der Waals surface area contributed by atoms with Crippen LogP contribution in [0.4, 0.5) is 16.3 Å². The number of nitrogens with one attached hydrogen (secondary N) is 2. The second kappa shape index (κ2) is 14.4. The SMILES string of the molecule is C=O.CNc1ccc(-c2ccc(C(=O)C3CCC3)cc2)cn1.O=C(Nc1ccc(C2CCC2)cc1)N1CCCC1. The van der Waals surface area contributed by atoms with Gasteiger partial charge in [0.15, 0.2) is 5.78 Å². The third-order valence-corrected chi connectivity index (χ3v) is 8.13. The highest BCUT2D eigenvalue weighted by Crippen LogP contribution is 2.36. The van der Waals surface area contributed by atoms with Gasteiger partial charge in [-0.25, -0.2) is 9.78 Å². The van der Waals surface area contributed by atoms with Gasteiger partial charge in [0.25, 0.3) is 0 Å². The van der Waals surface area contributed by atoms with Crippen LogP contribution in [0.1, 0.15) is 73.2 Å². The minimum Gasteiger partial charge on any atom is -0.373 e. The lowest BCUT2D eigenvalue weighted by atomic mass is 9.80. The zero-order valence-corrected chi connectivity index (χ0v) is 23.4. The molecule has 0 unspecified atom stereocenters. The quantitative estimate of drug-likeness (QED) is 0.324. The Morgan fingerprint density at radius 2 is 1.43 bits per heavy atom. The van der Waals surface area contributed by atoms with E-state index >= 15 is 0 Å². The Morgan fingerprint density at radius 3 is 1.93 bits per heavy atom. The Bertz CT molecular complexity index is 1230. The molecular formula is C33H40N4O3. The first kappa shape index (κ1) is 29.0. The van der Waals surface area contributed by atoms with Gasteiger partial charge in [0.1, 0.15) is 12.6 Å². The zero-order chi connectivity index (χ0) is 28.3. The maximum atomic E-state index is 12.1. The largest absolute Gasteiger partial charge is 0.373 e. The highest BCUT2D eigenvalue weighted by Gasteiger charge is 2.26. The Morgan fingerprint density at radius 1 is 0.800 bits per heavy atom. The molecule has 1 aromatic heterocycles. The Hall–Kier alpha value is -4.00. The fourth-order valence-electron chi connectivity index (χ4n) is 5.15. The van der Waals surface area contributed by atoms with E-state index in [9.17, 15) is 9.59 Å². The van der Waals surface area contributed by atoms with Crippen molar-refractivity contribution in [1.82, 2.24) is 9.88 Å². The summed E-state index contributed by atoms with van der Waals surface area (Å²) in [4.78, 5) is 38.2. The first-order valence-corrected chi connectivity index (χ1v) is 14.3. The summed E-state index contributed by atoms with van der Waals surface area (Å²) >= 11 is 0. The van der Waals surface area contributed by atoms with Crippen LogP contribution >= 0.6 is 0 Å². The highest BCUT2D eigenvalue weighted by molar-refractivity contribution is 5.98. The van der Waals surface area contributed by atoms with Gasteiger partial charge < -0.3 is 20.3 Å². The number of ketones is 1. The summed E-state index contributed by atoms with van der Waals surface area (Å²) in [5.74, 6) is 2.17. The summed E-state index contributed by atoms with van der Waals surface area (Å²) in [6.45, 7) is 3.79. The van der Waals surface area contributed by atoms with Gasteiger partial charge in [0.05, 0.1) is 0 Å². The summed E-state index contributed by atoms with van der Waals surface area (Å²) in [6, 6.07) is 20.3. The first-order valence-electron chi connectivity index (χ1n) is 14.3. The molecule has 7 heteroatoms. The molecule has 7 nitrogen and oxygen atoms in total. The first-order chi connectivity index (χ1) is 19.6. The van der Waals surface area contributed by atoms with Gasteiger partial charge >= 0.3 is 6.03 Å². The number of rotatable bonds is 6. The minimum absolute atomic E-state index is 0.0453. The molecule has 1 saturated heterocycles. The van der Waals surface area contributed by atoms with Crippen molar-refractivity contribution in [3.8, 4) is 11.1 Å². The maximum Gasteiger partial charge on any atom is 0.321 e. The molecule has 2 heterocycles. The number of Topliss-reactive ketones (excluding diaryl/α,β-unsaturated/α-hetero) is 1. The Labute approximate surface area is 237 Å². The van der Waals surface area contributed by atoms with E-state index in [-0.39, 0.29) is 11.9 Å². The second-order valence-electron chi connectivity index (χ2n) is 10.6. The van der Waals surface area contributed by atoms with Crippen molar-refractivity contribution in [3.63, 3.8) is 0 Å². The van der Waals surface area contributed by atoms with Crippen LogP contribution in [0.3, 0.4) is 0 Å². The van der Waals surface area contributed by atoms with E-state index in [1.54, 1.807) is 0 Å². The number of aromatic nitrogens is 1. The lowest BCUT2D eigenvalue weighted by Crippen LogP contribution is -2.32. The van der Waals surface area contributed by atoms with E-state index in [4.69, 9.17) is 4.79 Å². The fourth-order valence-corrected chi connectivity index (χ4v) is 5.15. The Kier molecular flexibility index (Phi) is 10.4. The van der Waals surface area contributed by atoms with Crippen molar-refractivity contribution < 1.29 is 14.4 Å². The number of likely N-dealkylation sites (tertiary alicyclic amines) is 1. The van der Waals surface area contributed by atoms with E-state index in [0.29, 0.717) is 5.78 Å². The molecule has 2 aromatic carbocycles. The molecule has 40 heavy (non-hydrogen) atoms. The third kappa shape index (κ3) is 7.34. The number of urea groups is 1. The van der Waals surface area contributed by atoms with Crippen LogP contribution in [0.15, 0.2) is 66.9 Å². The van der Waals surface area contributed by atoms with Crippen LogP contribution < -0.4 is 10.6 Å². The second-order valence-corrected chi connectivity index (χ2v) is 10.6. The molecule has 6 rings (SSSR count). The van der Waals surface area contributed by atoms with Crippen molar-refractivity contribution in [2.45, 2.75) is 57.3 Å². The van der Waals surface area contributed by atoms with Gasteiger partial charge in [-0.2, -0.15) is 0 Å². The van der Waals surface area contributed by atoms with Crippen LogP contribution in [0.5, 0.6) is 0 Å². The topological polar surface area (TPSA) is 91.4 Å². The van der Waals surface area contributed by atoms with Crippen LogP contribution in [0.25, 0.3) is 11.1 Å². The summed E-state index contributed by atoms with van der Waals surface area (Å²) in [7, 11) is 1.85. The van der Waals surface area contributed by atoms with E-state index < -0.39 is 0 Å². The fraction of sp³-hybridized carbons (Fsp3) is 0.394. The van der Waals surface area contributed by atoms with E-state index in [1.165, 1.54) is 31.2 Å². The summed E-state index contributed by atoms with van der Waals surface area (Å²) in [5, 5.41) is 5.97. The molecule has 2 aliphatic carbocycles. The number of benzene rings is 2. The minimum atomic E-state index is 0.0453. The van der Waals surface area contributed by atoms with E-state index in [0.717, 1.165) is 72.9 Å². The molecule has 1 aliphatic heterocycles. The normalized spacial score (nSPS) is 16.3. The van der Waals surface area contributed by atoms with E-state index in [2.05, 4.69) is 27.8 Å². The third-order valence-electron chi connectivity index (χ3n) is 8.13. The van der Waals surface area contributed by atoms with Gasteiger partial charge in [0, 0.05) is 49.1 Å². The van der Waals surface area contributed by atoms with Crippen LogP contribution in [0, 0.1) is 5.92 Å².